The van der Waals surface area contributed by atoms with Gasteiger partial charge in [0.2, 0.25) is 11.8 Å². The molecular formula is C20H23N3O3. The first kappa shape index (κ1) is 17.8. The highest BCUT2D eigenvalue weighted by atomic mass is 16.5. The molecule has 6 nitrogen and oxygen atoms in total. The smallest absolute Gasteiger partial charge is 0.243 e. The number of nitrogens with two attached hydrogens (primary N) is 1. The number of nitrogens with one attached hydrogen (secondary N) is 1. The largest absolute Gasteiger partial charge is 0.495 e. The lowest BCUT2D eigenvalue weighted by atomic mass is 9.89. The third-order valence-electron chi connectivity index (χ3n) is 4.65. The van der Waals surface area contributed by atoms with Crippen molar-refractivity contribution < 1.29 is 14.3 Å². The van der Waals surface area contributed by atoms with Crippen molar-refractivity contribution in [2.45, 2.75) is 19.3 Å². The maximum Gasteiger partial charge on any atom is 0.243 e. The maximum absolute atomic E-state index is 12.6. The highest BCUT2D eigenvalue weighted by Gasteiger charge is 2.29. The standard InChI is InChI=1S/C20H23N3O3/c1-13-7-8-18(26-2)16(11-13)22-19(24)12-23-10-9-15(20(21)25)14-5-3-4-6-17(14)23/h3-8,11,15H,9-10,12H2,1-2H3,(H2,21,25)(H,22,24)/t15-/m0/s1. The number of amides is 2. The van der Waals surface area contributed by atoms with Crippen molar-refractivity contribution in [1.82, 2.24) is 0 Å². The van der Waals surface area contributed by atoms with E-state index < -0.39 is 0 Å². The number of fused-ring (bicyclic) bond motifs is 1. The summed E-state index contributed by atoms with van der Waals surface area (Å²) < 4.78 is 5.31. The molecule has 0 spiro atoms. The van der Waals surface area contributed by atoms with Crippen LogP contribution in [0.2, 0.25) is 0 Å². The number of methoxy groups -OCH3 is 1. The molecule has 3 rings (SSSR count). The van der Waals surface area contributed by atoms with Gasteiger partial charge in [0.05, 0.1) is 25.3 Å². The fourth-order valence-electron chi connectivity index (χ4n) is 3.37. The number of rotatable bonds is 5. The van der Waals surface area contributed by atoms with Crippen LogP contribution in [0.15, 0.2) is 42.5 Å². The number of aryl methyl sites for hydroxylation is 1. The number of para-hydroxylation sites is 1. The highest BCUT2D eigenvalue weighted by Crippen LogP contribution is 2.35. The van der Waals surface area contributed by atoms with Crippen LogP contribution in [-0.2, 0) is 9.59 Å². The van der Waals surface area contributed by atoms with Gasteiger partial charge in [-0.05, 0) is 42.7 Å². The molecule has 3 N–H and O–H groups in total. The number of nitrogens with zero attached hydrogens (tertiary/aromatic N) is 1. The Labute approximate surface area is 152 Å². The predicted molar refractivity (Wildman–Crippen MR) is 102 cm³/mol. The molecular weight excluding hydrogens is 330 g/mol. The van der Waals surface area contributed by atoms with Crippen LogP contribution in [0.5, 0.6) is 5.75 Å². The number of anilines is 2. The summed E-state index contributed by atoms with van der Waals surface area (Å²) >= 11 is 0. The molecule has 1 atom stereocenters. The lowest BCUT2D eigenvalue weighted by Gasteiger charge is -2.34. The van der Waals surface area contributed by atoms with Gasteiger partial charge in [-0.3, -0.25) is 9.59 Å². The molecule has 1 aliphatic rings. The molecule has 2 aromatic carbocycles. The fraction of sp³-hybridized carbons (Fsp3) is 0.300. The number of hydrogen-bond acceptors (Lipinski definition) is 4. The minimum absolute atomic E-state index is 0.138. The minimum Gasteiger partial charge on any atom is -0.495 e. The van der Waals surface area contributed by atoms with Crippen LogP contribution in [0.4, 0.5) is 11.4 Å². The van der Waals surface area contributed by atoms with Crippen molar-refractivity contribution in [1.29, 1.82) is 0 Å². The van der Waals surface area contributed by atoms with Crippen LogP contribution in [0.25, 0.3) is 0 Å². The van der Waals surface area contributed by atoms with Crippen LogP contribution >= 0.6 is 0 Å². The van der Waals surface area contributed by atoms with E-state index in [-0.39, 0.29) is 24.3 Å². The first-order valence-corrected chi connectivity index (χ1v) is 8.57. The molecule has 1 aliphatic heterocycles. The number of benzene rings is 2. The van der Waals surface area contributed by atoms with Gasteiger partial charge in [-0.1, -0.05) is 24.3 Å². The zero-order valence-electron chi connectivity index (χ0n) is 15.0. The van der Waals surface area contributed by atoms with Gasteiger partial charge in [-0.2, -0.15) is 0 Å². The number of primary amides is 1. The summed E-state index contributed by atoms with van der Waals surface area (Å²) in [5.41, 5.74) is 8.98. The van der Waals surface area contributed by atoms with Crippen molar-refractivity contribution in [2.24, 2.45) is 5.73 Å². The molecule has 0 saturated heterocycles. The van der Waals surface area contributed by atoms with Gasteiger partial charge in [0.1, 0.15) is 5.75 Å². The third-order valence-corrected chi connectivity index (χ3v) is 4.65. The second kappa shape index (κ2) is 7.47. The van der Waals surface area contributed by atoms with E-state index in [1.165, 1.54) is 0 Å². The lowest BCUT2D eigenvalue weighted by molar-refractivity contribution is -0.119. The molecule has 0 radical (unpaired) electrons. The molecule has 136 valence electrons. The Bertz CT molecular complexity index is 835. The van der Waals surface area contributed by atoms with E-state index >= 15 is 0 Å². The summed E-state index contributed by atoms with van der Waals surface area (Å²) in [5.74, 6) is -0.147. The Morgan fingerprint density at radius 2 is 2.04 bits per heavy atom. The number of hydrogen-bond donors (Lipinski definition) is 2. The van der Waals surface area contributed by atoms with Gasteiger partial charge >= 0.3 is 0 Å². The van der Waals surface area contributed by atoms with E-state index in [0.717, 1.165) is 16.8 Å². The molecule has 26 heavy (non-hydrogen) atoms. The van der Waals surface area contributed by atoms with E-state index in [2.05, 4.69) is 5.32 Å². The Hall–Kier alpha value is -3.02. The van der Waals surface area contributed by atoms with Crippen LogP contribution in [0.1, 0.15) is 23.5 Å². The van der Waals surface area contributed by atoms with Crippen LogP contribution in [-0.4, -0.2) is 32.0 Å². The summed E-state index contributed by atoms with van der Waals surface area (Å²) in [4.78, 5) is 26.3. The average molecular weight is 353 g/mol. The zero-order chi connectivity index (χ0) is 18.7. The highest BCUT2D eigenvalue weighted by molar-refractivity contribution is 5.96. The Morgan fingerprint density at radius 1 is 1.27 bits per heavy atom. The second-order valence-electron chi connectivity index (χ2n) is 6.48. The Balaban J connectivity index is 1.77. The fourth-order valence-corrected chi connectivity index (χ4v) is 3.37. The van der Waals surface area contributed by atoms with E-state index in [4.69, 9.17) is 10.5 Å². The zero-order valence-corrected chi connectivity index (χ0v) is 15.0. The predicted octanol–water partition coefficient (Wildman–Crippen LogP) is 2.42. The molecule has 0 bridgehead atoms. The third kappa shape index (κ3) is 3.64. The normalized spacial score (nSPS) is 15.9. The minimum atomic E-state index is -0.328. The Kier molecular flexibility index (Phi) is 5.11. The van der Waals surface area contributed by atoms with Gasteiger partial charge in [-0.15, -0.1) is 0 Å². The van der Waals surface area contributed by atoms with Crippen LogP contribution in [0, 0.1) is 6.92 Å². The quantitative estimate of drug-likeness (QED) is 0.864. The van der Waals surface area contributed by atoms with Crippen LogP contribution in [0.3, 0.4) is 0 Å². The summed E-state index contributed by atoms with van der Waals surface area (Å²) in [6.45, 7) is 2.75. The van der Waals surface area contributed by atoms with Gasteiger partial charge in [0, 0.05) is 12.2 Å². The van der Waals surface area contributed by atoms with Gasteiger partial charge in [0.15, 0.2) is 0 Å². The first-order chi connectivity index (χ1) is 12.5. The van der Waals surface area contributed by atoms with Crippen molar-refractivity contribution in [3.05, 3.63) is 53.6 Å². The second-order valence-corrected chi connectivity index (χ2v) is 6.48. The van der Waals surface area contributed by atoms with E-state index in [0.29, 0.717) is 24.4 Å². The molecule has 0 fully saturated rings. The van der Waals surface area contributed by atoms with Crippen molar-refractivity contribution >= 4 is 23.2 Å². The van der Waals surface area contributed by atoms with E-state index in [1.54, 1.807) is 7.11 Å². The number of ether oxygens (including phenoxy) is 1. The van der Waals surface area contributed by atoms with Crippen molar-refractivity contribution in [3.63, 3.8) is 0 Å². The number of carbonyl (C=O) groups excluding carboxylic acids is 2. The molecule has 6 heteroatoms. The molecule has 0 aromatic heterocycles. The molecule has 0 saturated carbocycles. The van der Waals surface area contributed by atoms with Gasteiger partial charge in [0.25, 0.3) is 0 Å². The van der Waals surface area contributed by atoms with Crippen molar-refractivity contribution in [2.75, 3.05) is 30.4 Å². The molecule has 1 heterocycles. The summed E-state index contributed by atoms with van der Waals surface area (Å²) in [6.07, 6.45) is 0.605. The lowest BCUT2D eigenvalue weighted by Crippen LogP contribution is -2.40. The molecule has 0 unspecified atom stereocenters. The molecule has 2 aromatic rings. The summed E-state index contributed by atoms with van der Waals surface area (Å²) in [7, 11) is 1.57. The first-order valence-electron chi connectivity index (χ1n) is 8.57. The van der Waals surface area contributed by atoms with Gasteiger partial charge in [-0.25, -0.2) is 0 Å². The SMILES string of the molecule is COc1ccc(C)cc1NC(=O)CN1CC[C@H](C(N)=O)c2ccccc21. The average Bonchev–Trinajstić information content (AvgIpc) is 2.62. The van der Waals surface area contributed by atoms with E-state index in [1.807, 2.05) is 54.3 Å². The topological polar surface area (TPSA) is 84.7 Å². The molecule has 0 aliphatic carbocycles. The monoisotopic (exact) mass is 353 g/mol. The summed E-state index contributed by atoms with van der Waals surface area (Å²) in [6, 6.07) is 13.2. The van der Waals surface area contributed by atoms with E-state index in [9.17, 15) is 9.59 Å². The maximum atomic E-state index is 12.6. The summed E-state index contributed by atoms with van der Waals surface area (Å²) in [5, 5.41) is 2.92. The number of carbonyl (C=O) groups is 2. The molecule has 2 amide bonds. The van der Waals surface area contributed by atoms with Crippen molar-refractivity contribution in [3.8, 4) is 5.75 Å². The van der Waals surface area contributed by atoms with Gasteiger partial charge < -0.3 is 20.7 Å². The Morgan fingerprint density at radius 3 is 2.77 bits per heavy atom. The van der Waals surface area contributed by atoms with Crippen LogP contribution < -0.4 is 20.7 Å².